The van der Waals surface area contributed by atoms with Crippen molar-refractivity contribution in [3.63, 3.8) is 0 Å². The van der Waals surface area contributed by atoms with Crippen LogP contribution in [0.4, 0.5) is 0 Å². The van der Waals surface area contributed by atoms with Crippen molar-refractivity contribution in [2.45, 2.75) is 19.9 Å². The smallest absolute Gasteiger partial charge is 0.337 e. The van der Waals surface area contributed by atoms with Crippen LogP contribution in [0.1, 0.15) is 34.0 Å². The van der Waals surface area contributed by atoms with Crippen molar-refractivity contribution in [1.29, 1.82) is 5.26 Å². The lowest BCUT2D eigenvalue weighted by Gasteiger charge is -2.08. The predicted octanol–water partition coefficient (Wildman–Crippen LogP) is 1.28. The van der Waals surface area contributed by atoms with Crippen molar-refractivity contribution in [3.8, 4) is 6.07 Å². The second kappa shape index (κ2) is 4.58. The molecule has 0 saturated heterocycles. The molecule has 0 radical (unpaired) electrons. The van der Waals surface area contributed by atoms with Gasteiger partial charge >= 0.3 is 5.97 Å². The van der Waals surface area contributed by atoms with E-state index >= 15 is 0 Å². The molecule has 15 heavy (non-hydrogen) atoms. The Morgan fingerprint density at radius 1 is 1.60 bits per heavy atom. The largest absolute Gasteiger partial charge is 0.478 e. The average Bonchev–Trinajstić information content (AvgIpc) is 2.26. The van der Waals surface area contributed by atoms with Gasteiger partial charge in [0.1, 0.15) is 6.07 Å². The zero-order valence-electron chi connectivity index (χ0n) is 8.45. The maximum atomic E-state index is 11.0. The minimum Gasteiger partial charge on any atom is -0.478 e. The Hall–Kier alpha value is -1.86. The van der Waals surface area contributed by atoms with Crippen molar-refractivity contribution in [1.82, 2.24) is 0 Å². The summed E-state index contributed by atoms with van der Waals surface area (Å²) in [5.41, 5.74) is 7.11. The number of carboxylic acid groups (broad SMARTS) is 1. The van der Waals surface area contributed by atoms with Crippen molar-refractivity contribution >= 4 is 5.97 Å². The van der Waals surface area contributed by atoms with Crippen LogP contribution >= 0.6 is 0 Å². The van der Waals surface area contributed by atoms with Crippen LogP contribution in [0, 0.1) is 11.3 Å². The standard InChI is InChI=1S/C11H12N2O2/c1-2-7-3-8(5-12)10(11(14)15)9(4-7)6-13/h3-4H,2,5,12H2,1H3,(H,14,15). The van der Waals surface area contributed by atoms with Crippen LogP contribution in [0.5, 0.6) is 0 Å². The highest BCUT2D eigenvalue weighted by molar-refractivity contribution is 5.92. The van der Waals surface area contributed by atoms with E-state index in [-0.39, 0.29) is 17.7 Å². The van der Waals surface area contributed by atoms with Crippen LogP contribution < -0.4 is 5.73 Å². The molecule has 0 unspecified atom stereocenters. The average molecular weight is 204 g/mol. The molecule has 4 nitrogen and oxygen atoms in total. The minimum atomic E-state index is -1.10. The van der Waals surface area contributed by atoms with Gasteiger partial charge in [-0.2, -0.15) is 5.26 Å². The Morgan fingerprint density at radius 3 is 2.67 bits per heavy atom. The van der Waals surface area contributed by atoms with Crippen molar-refractivity contribution < 1.29 is 9.90 Å². The van der Waals surface area contributed by atoms with Gasteiger partial charge in [0.15, 0.2) is 0 Å². The first-order chi connectivity index (χ1) is 7.13. The topological polar surface area (TPSA) is 87.1 Å². The Labute approximate surface area is 87.9 Å². The molecule has 0 fully saturated rings. The lowest BCUT2D eigenvalue weighted by molar-refractivity contribution is 0.0695. The number of carboxylic acids is 1. The first-order valence-electron chi connectivity index (χ1n) is 4.63. The summed E-state index contributed by atoms with van der Waals surface area (Å²) in [6, 6.07) is 5.23. The van der Waals surface area contributed by atoms with Gasteiger partial charge < -0.3 is 10.8 Å². The van der Waals surface area contributed by atoms with E-state index < -0.39 is 5.97 Å². The molecule has 78 valence electrons. The molecule has 1 aromatic carbocycles. The van der Waals surface area contributed by atoms with Crippen molar-refractivity contribution in [2.75, 3.05) is 0 Å². The molecule has 3 N–H and O–H groups in total. The number of hydrogen-bond acceptors (Lipinski definition) is 3. The van der Waals surface area contributed by atoms with Gasteiger partial charge in [-0.15, -0.1) is 0 Å². The fourth-order valence-corrected chi connectivity index (χ4v) is 1.47. The van der Waals surface area contributed by atoms with Gasteiger partial charge in [0.05, 0.1) is 11.1 Å². The maximum absolute atomic E-state index is 11.0. The van der Waals surface area contributed by atoms with E-state index in [0.29, 0.717) is 5.56 Å². The first-order valence-corrected chi connectivity index (χ1v) is 4.63. The van der Waals surface area contributed by atoms with Crippen LogP contribution in [0.2, 0.25) is 0 Å². The summed E-state index contributed by atoms with van der Waals surface area (Å²) < 4.78 is 0. The number of nitriles is 1. The highest BCUT2D eigenvalue weighted by Crippen LogP contribution is 2.17. The molecule has 1 aromatic rings. The first kappa shape index (κ1) is 11.2. The summed E-state index contributed by atoms with van der Waals surface area (Å²) in [6.07, 6.45) is 0.752. The lowest BCUT2D eigenvalue weighted by Crippen LogP contribution is -2.10. The maximum Gasteiger partial charge on any atom is 0.337 e. The number of nitrogens with zero attached hydrogens (tertiary/aromatic N) is 1. The van der Waals surface area contributed by atoms with Crippen molar-refractivity contribution in [3.05, 3.63) is 34.4 Å². The molecule has 1 rings (SSSR count). The van der Waals surface area contributed by atoms with Crippen LogP contribution in [-0.4, -0.2) is 11.1 Å². The highest BCUT2D eigenvalue weighted by atomic mass is 16.4. The van der Waals surface area contributed by atoms with Gasteiger partial charge in [0.25, 0.3) is 0 Å². The van der Waals surface area contributed by atoms with E-state index in [1.54, 1.807) is 12.1 Å². The fraction of sp³-hybridized carbons (Fsp3) is 0.273. The molecule has 4 heteroatoms. The Balaban J connectivity index is 3.48. The third kappa shape index (κ3) is 2.14. The van der Waals surface area contributed by atoms with Gasteiger partial charge in [0.2, 0.25) is 0 Å². The second-order valence-electron chi connectivity index (χ2n) is 3.15. The molecular weight excluding hydrogens is 192 g/mol. The monoisotopic (exact) mass is 204 g/mol. The van der Waals surface area contributed by atoms with Crippen LogP contribution in [0.25, 0.3) is 0 Å². The molecule has 0 aromatic heterocycles. The summed E-state index contributed by atoms with van der Waals surface area (Å²) in [5, 5.41) is 17.8. The lowest BCUT2D eigenvalue weighted by atomic mass is 9.97. The Bertz CT molecular complexity index is 433. The summed E-state index contributed by atoms with van der Waals surface area (Å²) in [7, 11) is 0. The quantitative estimate of drug-likeness (QED) is 0.776. The SMILES string of the molecule is CCc1cc(C#N)c(C(=O)O)c(CN)c1. The molecular formula is C11H12N2O2. The third-order valence-corrected chi connectivity index (χ3v) is 2.24. The zero-order valence-corrected chi connectivity index (χ0v) is 8.45. The number of hydrogen-bond donors (Lipinski definition) is 2. The number of benzene rings is 1. The molecule has 0 atom stereocenters. The third-order valence-electron chi connectivity index (χ3n) is 2.24. The van der Waals surface area contributed by atoms with E-state index in [4.69, 9.17) is 16.1 Å². The molecule has 0 aliphatic carbocycles. The van der Waals surface area contributed by atoms with E-state index in [2.05, 4.69) is 0 Å². The van der Waals surface area contributed by atoms with Crippen molar-refractivity contribution in [2.24, 2.45) is 5.73 Å². The van der Waals surface area contributed by atoms with Gasteiger partial charge in [-0.3, -0.25) is 0 Å². The normalized spacial score (nSPS) is 9.67. The molecule has 0 aliphatic rings. The van der Waals surface area contributed by atoms with Crippen LogP contribution in [0.3, 0.4) is 0 Å². The Kier molecular flexibility index (Phi) is 3.42. The fourth-order valence-electron chi connectivity index (χ4n) is 1.47. The highest BCUT2D eigenvalue weighted by Gasteiger charge is 2.15. The summed E-state index contributed by atoms with van der Waals surface area (Å²) >= 11 is 0. The minimum absolute atomic E-state index is 0.0252. The molecule has 0 heterocycles. The molecule has 0 saturated carbocycles. The predicted molar refractivity (Wildman–Crippen MR) is 55.4 cm³/mol. The van der Waals surface area contributed by atoms with Gasteiger partial charge in [-0.05, 0) is 23.6 Å². The van der Waals surface area contributed by atoms with E-state index in [9.17, 15) is 4.79 Å². The molecule has 0 bridgehead atoms. The van der Waals surface area contributed by atoms with Gasteiger partial charge in [0, 0.05) is 6.54 Å². The van der Waals surface area contributed by atoms with E-state index in [1.165, 1.54) is 0 Å². The summed E-state index contributed by atoms with van der Waals surface area (Å²) in [5.74, 6) is -1.10. The molecule has 0 spiro atoms. The van der Waals surface area contributed by atoms with E-state index in [0.717, 1.165) is 12.0 Å². The van der Waals surface area contributed by atoms with Gasteiger partial charge in [-0.1, -0.05) is 13.0 Å². The molecule has 0 amide bonds. The number of rotatable bonds is 3. The summed E-state index contributed by atoms with van der Waals surface area (Å²) in [4.78, 5) is 11.0. The van der Waals surface area contributed by atoms with Crippen LogP contribution in [-0.2, 0) is 13.0 Å². The zero-order chi connectivity index (χ0) is 11.4. The number of aromatic carboxylic acids is 1. The van der Waals surface area contributed by atoms with Gasteiger partial charge in [-0.25, -0.2) is 4.79 Å². The van der Waals surface area contributed by atoms with E-state index in [1.807, 2.05) is 13.0 Å². The molecule has 0 aliphatic heterocycles. The number of nitrogens with two attached hydrogens (primary N) is 1. The number of carbonyl (C=O) groups is 1. The Morgan fingerprint density at radius 2 is 2.27 bits per heavy atom. The summed E-state index contributed by atoms with van der Waals surface area (Å²) in [6.45, 7) is 2.07. The van der Waals surface area contributed by atoms with Crippen LogP contribution in [0.15, 0.2) is 12.1 Å². The number of aryl methyl sites for hydroxylation is 1. The second-order valence-corrected chi connectivity index (χ2v) is 3.15.